The zero-order chi connectivity index (χ0) is 19.0. The summed E-state index contributed by atoms with van der Waals surface area (Å²) >= 11 is 5.99. The Labute approximate surface area is 162 Å². The van der Waals surface area contributed by atoms with Crippen molar-refractivity contribution in [2.75, 3.05) is 7.05 Å². The van der Waals surface area contributed by atoms with Crippen molar-refractivity contribution in [3.8, 4) is 0 Å². The fourth-order valence-corrected chi connectivity index (χ4v) is 4.07. The number of aryl methyl sites for hydroxylation is 1. The summed E-state index contributed by atoms with van der Waals surface area (Å²) in [5, 5.41) is 11.3. The first kappa shape index (κ1) is 18.0. The highest BCUT2D eigenvalue weighted by molar-refractivity contribution is 6.31. The van der Waals surface area contributed by atoms with Crippen molar-refractivity contribution in [1.29, 1.82) is 0 Å². The van der Waals surface area contributed by atoms with Gasteiger partial charge in [0, 0.05) is 37.3 Å². The lowest BCUT2D eigenvalue weighted by atomic mass is 10.1. The topological polar surface area (TPSA) is 87.0 Å². The Morgan fingerprint density at radius 3 is 3.07 bits per heavy atom. The Balaban J connectivity index is 1.37. The van der Waals surface area contributed by atoms with Crippen LogP contribution in [0.3, 0.4) is 0 Å². The number of aliphatic hydroxyl groups is 1. The minimum Gasteiger partial charge on any atom is -0.389 e. The first-order valence-corrected chi connectivity index (χ1v) is 9.46. The molecule has 2 heterocycles. The highest BCUT2D eigenvalue weighted by Gasteiger charge is 2.39. The summed E-state index contributed by atoms with van der Waals surface area (Å²) in [6.07, 6.45) is 7.13. The standard InChI is InChI=1S/C19H22ClN5O2/c1-24(15-4-5-16(19(15)27)25-9-8-21-11-25)18(26)7-6-17-22-13-3-2-12(20)10-14(13)23-17/h2-3,8-11,15-16,19,27H,4-7H2,1H3,(H,22,23)/t15-,16-,19-/m1/s1. The molecule has 0 spiro atoms. The predicted octanol–water partition coefficient (Wildman–Crippen LogP) is 2.57. The Bertz CT molecular complexity index is 939. The van der Waals surface area contributed by atoms with Gasteiger partial charge in [0.25, 0.3) is 0 Å². The Morgan fingerprint density at radius 2 is 2.30 bits per heavy atom. The molecule has 1 aliphatic carbocycles. The molecular weight excluding hydrogens is 366 g/mol. The molecule has 3 atom stereocenters. The second-order valence-corrected chi connectivity index (χ2v) is 7.50. The Hall–Kier alpha value is -2.38. The number of hydrogen-bond acceptors (Lipinski definition) is 4. The number of halogens is 1. The highest BCUT2D eigenvalue weighted by Crippen LogP contribution is 2.33. The van der Waals surface area contributed by atoms with Crippen LogP contribution < -0.4 is 0 Å². The summed E-state index contributed by atoms with van der Waals surface area (Å²) < 4.78 is 1.92. The summed E-state index contributed by atoms with van der Waals surface area (Å²) in [7, 11) is 1.77. The monoisotopic (exact) mass is 387 g/mol. The largest absolute Gasteiger partial charge is 0.389 e. The molecular formula is C19H22ClN5O2. The van der Waals surface area contributed by atoms with Crippen LogP contribution in [0.4, 0.5) is 0 Å². The lowest BCUT2D eigenvalue weighted by Crippen LogP contribution is -2.43. The summed E-state index contributed by atoms with van der Waals surface area (Å²) in [4.78, 5) is 26.1. The van der Waals surface area contributed by atoms with E-state index in [2.05, 4.69) is 15.0 Å². The number of aliphatic hydroxyl groups excluding tert-OH is 1. The van der Waals surface area contributed by atoms with Crippen LogP contribution in [0.5, 0.6) is 0 Å². The molecule has 7 nitrogen and oxygen atoms in total. The molecule has 3 aromatic rings. The number of amides is 1. The second-order valence-electron chi connectivity index (χ2n) is 7.06. The normalized spacial score (nSPS) is 22.4. The molecule has 1 fully saturated rings. The zero-order valence-electron chi connectivity index (χ0n) is 15.0. The van der Waals surface area contributed by atoms with Gasteiger partial charge < -0.3 is 19.6 Å². The molecule has 0 radical (unpaired) electrons. The van der Waals surface area contributed by atoms with Crippen LogP contribution in [-0.4, -0.2) is 54.6 Å². The van der Waals surface area contributed by atoms with Crippen LogP contribution in [0.15, 0.2) is 36.9 Å². The van der Waals surface area contributed by atoms with E-state index in [0.717, 1.165) is 29.7 Å². The van der Waals surface area contributed by atoms with Gasteiger partial charge in [0.2, 0.25) is 5.91 Å². The molecule has 2 aromatic heterocycles. The number of hydrogen-bond donors (Lipinski definition) is 2. The lowest BCUT2D eigenvalue weighted by Gasteiger charge is -2.29. The Morgan fingerprint density at radius 1 is 1.44 bits per heavy atom. The molecule has 1 aliphatic rings. The average molecular weight is 388 g/mol. The van der Waals surface area contributed by atoms with Crippen LogP contribution in [0.2, 0.25) is 5.02 Å². The maximum absolute atomic E-state index is 12.6. The fraction of sp³-hybridized carbons (Fsp3) is 0.421. The van der Waals surface area contributed by atoms with Crippen molar-refractivity contribution in [3.63, 3.8) is 0 Å². The van der Waals surface area contributed by atoms with Gasteiger partial charge in [-0.25, -0.2) is 9.97 Å². The number of rotatable bonds is 5. The number of H-pyrrole nitrogens is 1. The van der Waals surface area contributed by atoms with E-state index in [4.69, 9.17) is 11.6 Å². The van der Waals surface area contributed by atoms with E-state index in [1.54, 1.807) is 30.5 Å². The van der Waals surface area contributed by atoms with Crippen molar-refractivity contribution in [2.24, 2.45) is 0 Å². The zero-order valence-corrected chi connectivity index (χ0v) is 15.8. The molecule has 4 rings (SSSR count). The van der Waals surface area contributed by atoms with Gasteiger partial charge in [-0.1, -0.05) is 11.6 Å². The average Bonchev–Trinajstić information content (AvgIpc) is 3.37. The number of likely N-dealkylation sites (N-methyl/N-ethyl adjacent to an activating group) is 1. The van der Waals surface area contributed by atoms with E-state index in [-0.39, 0.29) is 18.0 Å². The van der Waals surface area contributed by atoms with Crippen LogP contribution in [0.25, 0.3) is 11.0 Å². The summed E-state index contributed by atoms with van der Waals surface area (Å²) in [5.41, 5.74) is 1.71. The van der Waals surface area contributed by atoms with Crippen LogP contribution in [-0.2, 0) is 11.2 Å². The number of fused-ring (bicyclic) bond motifs is 1. The van der Waals surface area contributed by atoms with Gasteiger partial charge in [0.05, 0.1) is 35.5 Å². The first-order valence-electron chi connectivity index (χ1n) is 9.08. The van der Waals surface area contributed by atoms with Gasteiger partial charge >= 0.3 is 0 Å². The maximum atomic E-state index is 12.6. The van der Waals surface area contributed by atoms with Gasteiger partial charge in [-0.15, -0.1) is 0 Å². The van der Waals surface area contributed by atoms with Crippen LogP contribution in [0.1, 0.15) is 31.1 Å². The van der Waals surface area contributed by atoms with E-state index in [1.807, 2.05) is 22.9 Å². The molecule has 1 amide bonds. The second kappa shape index (κ2) is 7.32. The molecule has 1 saturated carbocycles. The number of nitrogens with one attached hydrogen (secondary N) is 1. The van der Waals surface area contributed by atoms with Crippen molar-refractivity contribution < 1.29 is 9.90 Å². The third kappa shape index (κ3) is 3.57. The number of carbonyl (C=O) groups is 1. The predicted molar refractivity (Wildman–Crippen MR) is 102 cm³/mol. The highest BCUT2D eigenvalue weighted by atomic mass is 35.5. The summed E-state index contributed by atoms with van der Waals surface area (Å²) in [6, 6.07) is 5.27. The molecule has 0 aliphatic heterocycles. The quantitative estimate of drug-likeness (QED) is 0.704. The van der Waals surface area contributed by atoms with Crippen molar-refractivity contribution in [1.82, 2.24) is 24.4 Å². The summed E-state index contributed by atoms with van der Waals surface area (Å²) in [6.45, 7) is 0. The third-order valence-electron chi connectivity index (χ3n) is 5.41. The molecule has 0 saturated heterocycles. The van der Waals surface area contributed by atoms with Gasteiger partial charge in [0.1, 0.15) is 5.82 Å². The van der Waals surface area contributed by atoms with E-state index in [9.17, 15) is 9.90 Å². The van der Waals surface area contributed by atoms with Crippen molar-refractivity contribution in [2.45, 2.75) is 43.9 Å². The number of carbonyl (C=O) groups excluding carboxylic acids is 1. The number of aromatic nitrogens is 4. The minimum absolute atomic E-state index is 0.00354. The van der Waals surface area contributed by atoms with Crippen LogP contribution >= 0.6 is 11.6 Å². The van der Waals surface area contributed by atoms with Gasteiger partial charge in [-0.2, -0.15) is 0 Å². The van der Waals surface area contributed by atoms with E-state index in [0.29, 0.717) is 17.9 Å². The number of benzene rings is 1. The van der Waals surface area contributed by atoms with Gasteiger partial charge in [-0.3, -0.25) is 4.79 Å². The molecule has 1 aromatic carbocycles. The van der Waals surface area contributed by atoms with E-state index >= 15 is 0 Å². The minimum atomic E-state index is -0.596. The molecule has 27 heavy (non-hydrogen) atoms. The third-order valence-corrected chi connectivity index (χ3v) is 5.65. The maximum Gasteiger partial charge on any atom is 0.223 e. The Kier molecular flexibility index (Phi) is 4.88. The lowest BCUT2D eigenvalue weighted by molar-refractivity contribution is -0.133. The molecule has 142 valence electrons. The molecule has 0 bridgehead atoms. The van der Waals surface area contributed by atoms with E-state index < -0.39 is 6.10 Å². The molecule has 2 N–H and O–H groups in total. The fourth-order valence-electron chi connectivity index (χ4n) is 3.89. The van der Waals surface area contributed by atoms with Gasteiger partial charge in [0.15, 0.2) is 0 Å². The first-order chi connectivity index (χ1) is 13.0. The number of imidazole rings is 2. The van der Waals surface area contributed by atoms with Crippen LogP contribution in [0, 0.1) is 0 Å². The molecule has 8 heteroatoms. The molecule has 0 unspecified atom stereocenters. The van der Waals surface area contributed by atoms with Crippen molar-refractivity contribution in [3.05, 3.63) is 47.8 Å². The van der Waals surface area contributed by atoms with E-state index in [1.165, 1.54) is 0 Å². The van der Waals surface area contributed by atoms with Crippen molar-refractivity contribution >= 4 is 28.5 Å². The van der Waals surface area contributed by atoms with Gasteiger partial charge in [-0.05, 0) is 31.0 Å². The SMILES string of the molecule is CN(C(=O)CCc1nc2ccc(Cl)cc2[nH]1)[C@@H]1CC[C@@H](n2ccnc2)[C@@H]1O. The smallest absolute Gasteiger partial charge is 0.223 e. The number of aromatic amines is 1. The number of nitrogens with zero attached hydrogens (tertiary/aromatic N) is 4. The summed E-state index contributed by atoms with van der Waals surface area (Å²) in [5.74, 6) is 0.765.